The van der Waals surface area contributed by atoms with Crippen molar-refractivity contribution in [3.8, 4) is 0 Å². The number of likely N-dealkylation sites (N-methyl/N-ethyl adjacent to an activating group) is 1. The third-order valence-electron chi connectivity index (χ3n) is 2.90. The minimum absolute atomic E-state index is 0.177. The first kappa shape index (κ1) is 12.5. The van der Waals surface area contributed by atoms with Crippen molar-refractivity contribution >= 4 is 22.4 Å². The number of hydrogen-bond acceptors (Lipinski definition) is 5. The normalized spacial score (nSPS) is 17.6. The van der Waals surface area contributed by atoms with E-state index in [9.17, 15) is 4.79 Å². The average molecular weight is 254 g/mol. The fourth-order valence-corrected chi connectivity index (χ4v) is 2.84. The lowest BCUT2D eigenvalue weighted by molar-refractivity contribution is -0.117. The van der Waals surface area contributed by atoms with Gasteiger partial charge in [0.05, 0.1) is 11.7 Å². The molecule has 0 spiro atoms. The van der Waals surface area contributed by atoms with Gasteiger partial charge >= 0.3 is 0 Å². The van der Waals surface area contributed by atoms with E-state index in [-0.39, 0.29) is 5.91 Å². The highest BCUT2D eigenvalue weighted by Crippen LogP contribution is 2.28. The molecule has 0 saturated heterocycles. The van der Waals surface area contributed by atoms with Gasteiger partial charge in [-0.1, -0.05) is 6.92 Å². The maximum absolute atomic E-state index is 11.5. The number of nitrogens with one attached hydrogen (secondary N) is 1. The second-order valence-corrected chi connectivity index (χ2v) is 5.37. The van der Waals surface area contributed by atoms with E-state index in [2.05, 4.69) is 22.1 Å². The summed E-state index contributed by atoms with van der Waals surface area (Å²) in [5, 5.41) is 3.43. The highest BCUT2D eigenvalue weighted by atomic mass is 32.1. The Morgan fingerprint density at radius 3 is 3.12 bits per heavy atom. The zero-order valence-electron chi connectivity index (χ0n) is 10.2. The topological polar surface area (TPSA) is 71.2 Å². The molecular formula is C11H18N4OS. The number of carbonyl (C=O) groups excluding carboxylic acids is 1. The summed E-state index contributed by atoms with van der Waals surface area (Å²) in [7, 11) is 0. The van der Waals surface area contributed by atoms with Gasteiger partial charge in [-0.25, -0.2) is 4.98 Å². The van der Waals surface area contributed by atoms with Crippen LogP contribution in [0.5, 0.6) is 0 Å². The van der Waals surface area contributed by atoms with E-state index in [1.54, 1.807) is 18.3 Å². The average Bonchev–Trinajstić information content (AvgIpc) is 2.69. The first-order valence-corrected chi connectivity index (χ1v) is 6.69. The number of anilines is 1. The summed E-state index contributed by atoms with van der Waals surface area (Å²) in [6, 6.07) is -0.497. The third kappa shape index (κ3) is 2.83. The van der Waals surface area contributed by atoms with Crippen LogP contribution in [-0.2, 0) is 17.8 Å². The molecule has 0 aromatic carbocycles. The number of hydrogen-bond donors (Lipinski definition) is 2. The lowest BCUT2D eigenvalue weighted by Crippen LogP contribution is -2.32. The van der Waals surface area contributed by atoms with Crippen LogP contribution >= 0.6 is 11.3 Å². The van der Waals surface area contributed by atoms with Gasteiger partial charge in [-0.05, 0) is 13.5 Å². The van der Waals surface area contributed by atoms with Gasteiger partial charge in [0.15, 0.2) is 5.13 Å². The molecule has 1 aliphatic heterocycles. The predicted octanol–water partition coefficient (Wildman–Crippen LogP) is 0.807. The van der Waals surface area contributed by atoms with Crippen LogP contribution < -0.4 is 11.1 Å². The van der Waals surface area contributed by atoms with Crippen LogP contribution in [0.1, 0.15) is 24.4 Å². The van der Waals surface area contributed by atoms with Gasteiger partial charge in [-0.2, -0.15) is 0 Å². The molecule has 0 aliphatic carbocycles. The highest BCUT2D eigenvalue weighted by molar-refractivity contribution is 7.15. The number of thiazole rings is 1. The monoisotopic (exact) mass is 254 g/mol. The molecule has 0 unspecified atom stereocenters. The summed E-state index contributed by atoms with van der Waals surface area (Å²) < 4.78 is 0. The van der Waals surface area contributed by atoms with E-state index in [1.807, 2.05) is 0 Å². The summed E-state index contributed by atoms with van der Waals surface area (Å²) in [5.74, 6) is -0.177. The van der Waals surface area contributed by atoms with E-state index in [4.69, 9.17) is 5.73 Å². The summed E-state index contributed by atoms with van der Waals surface area (Å²) in [6.07, 6.45) is 0.966. The van der Waals surface area contributed by atoms with Crippen molar-refractivity contribution in [3.63, 3.8) is 0 Å². The van der Waals surface area contributed by atoms with Crippen LogP contribution in [0.3, 0.4) is 0 Å². The minimum Gasteiger partial charge on any atom is -0.320 e. The lowest BCUT2D eigenvalue weighted by atomic mass is 10.2. The van der Waals surface area contributed by atoms with Gasteiger partial charge in [0, 0.05) is 24.4 Å². The molecule has 1 aliphatic rings. The Morgan fingerprint density at radius 1 is 1.71 bits per heavy atom. The molecule has 2 rings (SSSR count). The van der Waals surface area contributed by atoms with Crippen molar-refractivity contribution in [3.05, 3.63) is 10.6 Å². The molecule has 1 aromatic rings. The summed E-state index contributed by atoms with van der Waals surface area (Å²) in [5.41, 5.74) is 6.63. The SMILES string of the molecule is CCN1CCc2nc(NC(=O)[C@@H](C)N)sc2C1. The molecule has 2 heterocycles. The molecule has 0 saturated carbocycles. The number of fused-ring (bicyclic) bond motifs is 1. The van der Waals surface area contributed by atoms with Gasteiger partial charge < -0.3 is 11.1 Å². The molecule has 0 fully saturated rings. The summed E-state index contributed by atoms with van der Waals surface area (Å²) >= 11 is 1.56. The standard InChI is InChI=1S/C11H18N4OS/c1-3-15-5-4-8-9(6-15)17-11(13-8)14-10(16)7(2)12/h7H,3-6,12H2,1-2H3,(H,13,14,16)/t7-/m1/s1. The molecule has 6 heteroatoms. The smallest absolute Gasteiger partial charge is 0.242 e. The van der Waals surface area contributed by atoms with E-state index in [1.165, 1.54) is 4.88 Å². The Kier molecular flexibility index (Phi) is 3.76. The zero-order chi connectivity index (χ0) is 12.4. The van der Waals surface area contributed by atoms with E-state index in [0.29, 0.717) is 5.13 Å². The number of nitrogens with two attached hydrogens (primary N) is 1. The Bertz CT molecular complexity index is 416. The Labute approximate surface area is 105 Å². The highest BCUT2D eigenvalue weighted by Gasteiger charge is 2.20. The first-order valence-electron chi connectivity index (χ1n) is 5.87. The van der Waals surface area contributed by atoms with E-state index >= 15 is 0 Å². The van der Waals surface area contributed by atoms with Crippen molar-refractivity contribution in [2.45, 2.75) is 32.9 Å². The van der Waals surface area contributed by atoms with Crippen LogP contribution in [0.2, 0.25) is 0 Å². The molecule has 1 amide bonds. The second kappa shape index (κ2) is 5.12. The number of nitrogens with zero attached hydrogens (tertiary/aromatic N) is 2. The third-order valence-corrected chi connectivity index (χ3v) is 3.90. The number of amides is 1. The van der Waals surface area contributed by atoms with Gasteiger partial charge in [-0.15, -0.1) is 11.3 Å². The molecule has 5 nitrogen and oxygen atoms in total. The van der Waals surface area contributed by atoms with Gasteiger partial charge in [0.2, 0.25) is 5.91 Å². The fraction of sp³-hybridized carbons (Fsp3) is 0.636. The van der Waals surface area contributed by atoms with Crippen molar-refractivity contribution < 1.29 is 4.79 Å². The maximum Gasteiger partial charge on any atom is 0.242 e. The molecule has 0 radical (unpaired) electrons. The second-order valence-electron chi connectivity index (χ2n) is 4.29. The van der Waals surface area contributed by atoms with Crippen LogP contribution in [0.4, 0.5) is 5.13 Å². The molecule has 3 N–H and O–H groups in total. The van der Waals surface area contributed by atoms with Crippen molar-refractivity contribution in [2.75, 3.05) is 18.4 Å². The lowest BCUT2D eigenvalue weighted by Gasteiger charge is -2.23. The largest absolute Gasteiger partial charge is 0.320 e. The quantitative estimate of drug-likeness (QED) is 0.837. The van der Waals surface area contributed by atoms with Gasteiger partial charge in [0.25, 0.3) is 0 Å². The molecule has 1 atom stereocenters. The fourth-order valence-electron chi connectivity index (χ4n) is 1.79. The van der Waals surface area contributed by atoms with Crippen LogP contribution in [-0.4, -0.2) is 34.9 Å². The predicted molar refractivity (Wildman–Crippen MR) is 69.0 cm³/mol. The van der Waals surface area contributed by atoms with Crippen LogP contribution in [0, 0.1) is 0 Å². The zero-order valence-corrected chi connectivity index (χ0v) is 11.0. The Hall–Kier alpha value is -0.980. The maximum atomic E-state index is 11.5. The minimum atomic E-state index is -0.497. The molecule has 17 heavy (non-hydrogen) atoms. The number of aromatic nitrogens is 1. The molecule has 0 bridgehead atoms. The summed E-state index contributed by atoms with van der Waals surface area (Å²) in [6.45, 7) is 6.87. The van der Waals surface area contributed by atoms with Crippen LogP contribution in [0.25, 0.3) is 0 Å². The number of rotatable bonds is 3. The van der Waals surface area contributed by atoms with Gasteiger partial charge in [0.1, 0.15) is 0 Å². The van der Waals surface area contributed by atoms with Crippen molar-refractivity contribution in [2.24, 2.45) is 5.73 Å². The molecule has 1 aromatic heterocycles. The van der Waals surface area contributed by atoms with E-state index < -0.39 is 6.04 Å². The first-order chi connectivity index (χ1) is 8.10. The number of carbonyl (C=O) groups is 1. The van der Waals surface area contributed by atoms with Gasteiger partial charge in [-0.3, -0.25) is 9.69 Å². The Morgan fingerprint density at radius 2 is 2.47 bits per heavy atom. The molecular weight excluding hydrogens is 236 g/mol. The van der Waals surface area contributed by atoms with Crippen LogP contribution in [0.15, 0.2) is 0 Å². The Balaban J connectivity index is 2.08. The van der Waals surface area contributed by atoms with Crippen molar-refractivity contribution in [1.82, 2.24) is 9.88 Å². The molecule has 94 valence electrons. The summed E-state index contributed by atoms with van der Waals surface area (Å²) in [4.78, 5) is 19.5. The van der Waals surface area contributed by atoms with Crippen molar-refractivity contribution in [1.29, 1.82) is 0 Å². The van der Waals surface area contributed by atoms with E-state index in [0.717, 1.165) is 31.7 Å².